The van der Waals surface area contributed by atoms with Gasteiger partial charge in [0.2, 0.25) is 0 Å². The average Bonchev–Trinajstić information content (AvgIpc) is 3.09. The van der Waals surface area contributed by atoms with E-state index in [0.29, 0.717) is 0 Å². The van der Waals surface area contributed by atoms with Crippen molar-refractivity contribution in [3.8, 4) is 0 Å². The van der Waals surface area contributed by atoms with Crippen LogP contribution in [0.25, 0.3) is 0 Å². The molecule has 0 amide bonds. The van der Waals surface area contributed by atoms with Crippen molar-refractivity contribution in [1.82, 2.24) is 0 Å². The minimum atomic E-state index is 0.932. The molecule has 3 aliphatic carbocycles. The van der Waals surface area contributed by atoms with Gasteiger partial charge in [-0.1, -0.05) is 51.4 Å². The van der Waals surface area contributed by atoms with E-state index in [1.54, 1.807) is 12.8 Å². The molecule has 2 unspecified atom stereocenters. The van der Waals surface area contributed by atoms with Crippen LogP contribution in [0.3, 0.4) is 0 Å². The Morgan fingerprint density at radius 2 is 1.00 bits per heavy atom. The molecule has 0 N–H and O–H groups in total. The van der Waals surface area contributed by atoms with Crippen LogP contribution in [0, 0.1) is 29.6 Å². The third-order valence-corrected chi connectivity index (χ3v) is 7.09. The van der Waals surface area contributed by atoms with E-state index in [1.165, 1.54) is 64.2 Å². The van der Waals surface area contributed by atoms with E-state index in [4.69, 9.17) is 0 Å². The lowest BCUT2D eigenvalue weighted by atomic mass is 9.82. The molecule has 3 rings (SSSR count). The predicted octanol–water partition coefficient (Wildman–Crippen LogP) is 5.72. The first-order valence-electron chi connectivity index (χ1n) is 8.97. The Morgan fingerprint density at radius 3 is 1.37 bits per heavy atom. The molecule has 19 heavy (non-hydrogen) atoms. The summed E-state index contributed by atoms with van der Waals surface area (Å²) in [6, 6.07) is 0. The molecule has 0 heterocycles. The van der Waals surface area contributed by atoms with Crippen molar-refractivity contribution in [2.24, 2.45) is 29.6 Å². The van der Waals surface area contributed by atoms with Crippen LogP contribution in [0.15, 0.2) is 0 Å². The molecule has 0 bridgehead atoms. The first-order valence-corrected chi connectivity index (χ1v) is 9.61. The summed E-state index contributed by atoms with van der Waals surface area (Å²) in [4.78, 5) is 0. The summed E-state index contributed by atoms with van der Waals surface area (Å²) >= 11 is 4.68. The topological polar surface area (TPSA) is 0 Å². The van der Waals surface area contributed by atoms with Crippen molar-refractivity contribution in [1.29, 1.82) is 0 Å². The van der Waals surface area contributed by atoms with Gasteiger partial charge in [-0.15, -0.1) is 0 Å². The third kappa shape index (κ3) is 3.52. The highest BCUT2D eigenvalue weighted by Gasteiger charge is 2.34. The van der Waals surface area contributed by atoms with Crippen LogP contribution in [0.1, 0.15) is 77.0 Å². The fourth-order valence-electron chi connectivity index (χ4n) is 5.48. The molecule has 3 saturated carbocycles. The second-order valence-electron chi connectivity index (χ2n) is 7.71. The fourth-order valence-corrected chi connectivity index (χ4v) is 5.78. The molecule has 0 aromatic rings. The lowest BCUT2D eigenvalue weighted by Gasteiger charge is -2.24. The van der Waals surface area contributed by atoms with Gasteiger partial charge in [0.1, 0.15) is 0 Å². The van der Waals surface area contributed by atoms with E-state index in [-0.39, 0.29) is 0 Å². The van der Waals surface area contributed by atoms with Crippen molar-refractivity contribution in [2.45, 2.75) is 77.0 Å². The second-order valence-corrected chi connectivity index (χ2v) is 8.07. The Balaban J connectivity index is 1.61. The zero-order valence-corrected chi connectivity index (χ0v) is 13.4. The maximum atomic E-state index is 4.68. The van der Waals surface area contributed by atoms with Gasteiger partial charge in [0.05, 0.1) is 0 Å². The maximum absolute atomic E-state index is 4.68. The number of thiol groups is 1. The zero-order chi connectivity index (χ0) is 13.1. The fraction of sp³-hybridized carbons (Fsp3) is 1.00. The molecule has 1 heteroatoms. The maximum Gasteiger partial charge on any atom is -0.00693 e. The summed E-state index contributed by atoms with van der Waals surface area (Å²) in [6.07, 6.45) is 18.3. The highest BCUT2D eigenvalue weighted by atomic mass is 32.1. The SMILES string of the molecule is SCC1CC(C2CCCC2)CCC(C2CCCC2)C1. The van der Waals surface area contributed by atoms with E-state index in [2.05, 4.69) is 12.6 Å². The molecular formula is C18H32S. The lowest BCUT2D eigenvalue weighted by molar-refractivity contribution is 0.276. The first kappa shape index (κ1) is 14.3. The average molecular weight is 281 g/mol. The van der Waals surface area contributed by atoms with Crippen molar-refractivity contribution < 1.29 is 0 Å². The monoisotopic (exact) mass is 280 g/mol. The van der Waals surface area contributed by atoms with Gasteiger partial charge in [0.15, 0.2) is 0 Å². The van der Waals surface area contributed by atoms with Gasteiger partial charge in [-0.2, -0.15) is 12.6 Å². The molecule has 3 fully saturated rings. The lowest BCUT2D eigenvalue weighted by Crippen LogP contribution is -2.16. The summed E-state index contributed by atoms with van der Waals surface area (Å²) in [5.74, 6) is 6.38. The van der Waals surface area contributed by atoms with Crippen LogP contribution in [0.2, 0.25) is 0 Å². The van der Waals surface area contributed by atoms with E-state index < -0.39 is 0 Å². The molecule has 0 aromatic heterocycles. The minimum Gasteiger partial charge on any atom is -0.179 e. The highest BCUT2D eigenvalue weighted by Crippen LogP contribution is 2.45. The molecule has 0 aromatic carbocycles. The number of hydrogen-bond donors (Lipinski definition) is 1. The van der Waals surface area contributed by atoms with E-state index in [1.807, 2.05) is 0 Å². The van der Waals surface area contributed by atoms with Crippen LogP contribution in [-0.2, 0) is 0 Å². The van der Waals surface area contributed by atoms with E-state index in [0.717, 1.165) is 35.3 Å². The second kappa shape index (κ2) is 6.87. The molecule has 0 aliphatic heterocycles. The first-order chi connectivity index (χ1) is 9.36. The van der Waals surface area contributed by atoms with Gasteiger partial charge in [0, 0.05) is 0 Å². The van der Waals surface area contributed by atoms with E-state index >= 15 is 0 Å². The van der Waals surface area contributed by atoms with Crippen molar-refractivity contribution in [2.75, 3.05) is 5.75 Å². The van der Waals surface area contributed by atoms with Crippen molar-refractivity contribution in [3.05, 3.63) is 0 Å². The summed E-state index contributed by atoms with van der Waals surface area (Å²) in [6.45, 7) is 0. The van der Waals surface area contributed by atoms with Crippen LogP contribution in [0.5, 0.6) is 0 Å². The highest BCUT2D eigenvalue weighted by molar-refractivity contribution is 7.80. The van der Waals surface area contributed by atoms with Gasteiger partial charge in [-0.3, -0.25) is 0 Å². The largest absolute Gasteiger partial charge is 0.179 e. The molecule has 0 saturated heterocycles. The Kier molecular flexibility index (Phi) is 5.17. The van der Waals surface area contributed by atoms with E-state index in [9.17, 15) is 0 Å². The Hall–Kier alpha value is 0.350. The normalized spacial score (nSPS) is 38.7. The molecule has 2 atom stereocenters. The van der Waals surface area contributed by atoms with Crippen LogP contribution < -0.4 is 0 Å². The zero-order valence-electron chi connectivity index (χ0n) is 12.5. The van der Waals surface area contributed by atoms with Crippen LogP contribution >= 0.6 is 12.6 Å². The molecule has 110 valence electrons. The molecule has 0 spiro atoms. The molecule has 3 aliphatic rings. The summed E-state index contributed by atoms with van der Waals surface area (Å²) in [7, 11) is 0. The van der Waals surface area contributed by atoms with Gasteiger partial charge in [-0.05, 0) is 61.0 Å². The number of hydrogen-bond acceptors (Lipinski definition) is 1. The molecular weight excluding hydrogens is 248 g/mol. The van der Waals surface area contributed by atoms with Crippen molar-refractivity contribution >= 4 is 12.6 Å². The van der Waals surface area contributed by atoms with Gasteiger partial charge in [0.25, 0.3) is 0 Å². The quantitative estimate of drug-likeness (QED) is 0.496. The third-order valence-electron chi connectivity index (χ3n) is 6.57. The van der Waals surface area contributed by atoms with Crippen molar-refractivity contribution in [3.63, 3.8) is 0 Å². The Morgan fingerprint density at radius 1 is 0.579 bits per heavy atom. The summed E-state index contributed by atoms with van der Waals surface area (Å²) in [5.41, 5.74) is 0. The molecule has 0 nitrogen and oxygen atoms in total. The van der Waals surface area contributed by atoms with Gasteiger partial charge in [-0.25, -0.2) is 0 Å². The Bertz CT molecular complexity index is 237. The Labute approximate surface area is 125 Å². The number of rotatable bonds is 3. The van der Waals surface area contributed by atoms with Crippen LogP contribution in [-0.4, -0.2) is 5.75 Å². The standard InChI is InChI=1S/C18H32S/c19-13-14-11-17(15-5-1-2-6-15)9-10-18(12-14)16-7-3-4-8-16/h14-19H,1-13H2. The molecule has 0 radical (unpaired) electrons. The predicted molar refractivity (Wildman–Crippen MR) is 86.7 cm³/mol. The summed E-state index contributed by atoms with van der Waals surface area (Å²) < 4.78 is 0. The van der Waals surface area contributed by atoms with Gasteiger partial charge < -0.3 is 0 Å². The van der Waals surface area contributed by atoms with Gasteiger partial charge >= 0.3 is 0 Å². The van der Waals surface area contributed by atoms with Crippen LogP contribution in [0.4, 0.5) is 0 Å². The smallest absolute Gasteiger partial charge is 0.00693 e. The summed E-state index contributed by atoms with van der Waals surface area (Å²) in [5, 5.41) is 0. The minimum absolute atomic E-state index is 0.932.